The number of hydrogen-bond donors (Lipinski definition) is 6. The fourth-order valence-electron chi connectivity index (χ4n) is 7.80. The monoisotopic (exact) mass is 799 g/mol. The topological polar surface area (TPSA) is 157 Å². The Kier molecular flexibility index (Phi) is 34.1. The van der Waals surface area contributed by atoms with Crippen LogP contribution in [-0.2, 0) is 14.3 Å². The largest absolute Gasteiger partial charge is 0.394 e. The normalized spacial score (nSPS) is 21.9. The van der Waals surface area contributed by atoms with Crippen LogP contribution < -0.4 is 0 Å². The van der Waals surface area contributed by atoms with Crippen molar-refractivity contribution in [3.8, 4) is 0 Å². The first kappa shape index (κ1) is 53.1. The van der Waals surface area contributed by atoms with E-state index in [2.05, 4.69) is 20.8 Å². The number of ether oxygens (including phenoxy) is 2. The second kappa shape index (κ2) is 36.0. The van der Waals surface area contributed by atoms with Gasteiger partial charge in [-0.25, -0.2) is 0 Å². The molecule has 0 spiro atoms. The van der Waals surface area contributed by atoms with E-state index in [-0.39, 0.29) is 6.61 Å². The van der Waals surface area contributed by atoms with Gasteiger partial charge in [-0.1, -0.05) is 206 Å². The van der Waals surface area contributed by atoms with E-state index in [9.17, 15) is 35.4 Å². The molecule has 9 heteroatoms. The van der Waals surface area contributed by atoms with Crippen molar-refractivity contribution >= 4 is 5.78 Å². The van der Waals surface area contributed by atoms with E-state index in [1.54, 1.807) is 6.08 Å². The molecule has 0 aromatic rings. The number of aliphatic hydroxyl groups is 6. The summed E-state index contributed by atoms with van der Waals surface area (Å²) < 4.78 is 11.1. The minimum atomic E-state index is -1.62. The lowest BCUT2D eigenvalue weighted by Gasteiger charge is -2.40. The molecule has 1 heterocycles. The zero-order valence-electron chi connectivity index (χ0n) is 36.4. The molecular formula is C47H90O9. The number of hydrogen-bond acceptors (Lipinski definition) is 9. The van der Waals surface area contributed by atoms with E-state index in [4.69, 9.17) is 9.47 Å². The number of aliphatic hydroxyl groups excluding tert-OH is 6. The zero-order chi connectivity index (χ0) is 41.2. The molecule has 0 aromatic heterocycles. The molecule has 1 rings (SSSR count). The lowest BCUT2D eigenvalue weighted by molar-refractivity contribution is -0.303. The van der Waals surface area contributed by atoms with Gasteiger partial charge in [0.25, 0.3) is 0 Å². The molecule has 332 valence electrons. The summed E-state index contributed by atoms with van der Waals surface area (Å²) in [6.45, 7) is 5.88. The van der Waals surface area contributed by atoms with E-state index in [0.29, 0.717) is 12.8 Å². The molecule has 0 bridgehead atoms. The predicted molar refractivity (Wildman–Crippen MR) is 228 cm³/mol. The average Bonchev–Trinajstić information content (AvgIpc) is 3.18. The van der Waals surface area contributed by atoms with Gasteiger partial charge in [0.1, 0.15) is 30.5 Å². The molecule has 9 nitrogen and oxygen atoms in total. The number of rotatable bonds is 39. The molecule has 1 aliphatic rings. The third-order valence-electron chi connectivity index (χ3n) is 11.7. The first-order valence-electron chi connectivity index (χ1n) is 23.6. The molecule has 0 unspecified atom stereocenters. The van der Waals surface area contributed by atoms with Gasteiger partial charge in [0.15, 0.2) is 12.1 Å². The molecule has 6 N–H and O–H groups in total. The molecule has 0 aliphatic carbocycles. The van der Waals surface area contributed by atoms with Crippen LogP contribution in [0.25, 0.3) is 0 Å². The maximum Gasteiger partial charge on any atom is 0.186 e. The van der Waals surface area contributed by atoms with Crippen LogP contribution in [0.5, 0.6) is 0 Å². The minimum Gasteiger partial charge on any atom is -0.394 e. The highest BCUT2D eigenvalue weighted by Crippen LogP contribution is 2.24. The van der Waals surface area contributed by atoms with Crippen LogP contribution in [0.15, 0.2) is 12.2 Å². The fraction of sp³-hybridized carbons (Fsp3) is 0.936. The van der Waals surface area contributed by atoms with E-state index in [0.717, 1.165) is 44.4 Å². The van der Waals surface area contributed by atoms with E-state index >= 15 is 0 Å². The highest BCUT2D eigenvalue weighted by molar-refractivity contribution is 5.86. The third-order valence-corrected chi connectivity index (χ3v) is 11.7. The molecule has 0 radical (unpaired) electrons. The second-order valence-electron chi connectivity index (χ2n) is 17.4. The number of unbranched alkanes of at least 4 members (excludes halogenated alkanes) is 26. The second-order valence-corrected chi connectivity index (χ2v) is 17.4. The van der Waals surface area contributed by atoms with Crippen LogP contribution in [0, 0.1) is 11.8 Å². The Morgan fingerprint density at radius 1 is 0.607 bits per heavy atom. The van der Waals surface area contributed by atoms with Gasteiger partial charge in [-0.15, -0.1) is 0 Å². The maximum absolute atomic E-state index is 13.5. The van der Waals surface area contributed by atoms with Gasteiger partial charge >= 0.3 is 0 Å². The van der Waals surface area contributed by atoms with Gasteiger partial charge < -0.3 is 40.1 Å². The lowest BCUT2D eigenvalue weighted by atomic mass is 9.91. The first-order chi connectivity index (χ1) is 27.1. The number of allylic oxidation sites excluding steroid dienone is 1. The van der Waals surface area contributed by atoms with Crippen molar-refractivity contribution < 1.29 is 44.9 Å². The van der Waals surface area contributed by atoms with Gasteiger partial charge in [0.2, 0.25) is 0 Å². The fourth-order valence-corrected chi connectivity index (χ4v) is 7.80. The quantitative estimate of drug-likeness (QED) is 0.0263. The molecule has 1 fully saturated rings. The van der Waals surface area contributed by atoms with Crippen LogP contribution in [0.4, 0.5) is 0 Å². The van der Waals surface area contributed by atoms with Crippen molar-refractivity contribution in [2.24, 2.45) is 11.8 Å². The smallest absolute Gasteiger partial charge is 0.186 e. The maximum atomic E-state index is 13.5. The summed E-state index contributed by atoms with van der Waals surface area (Å²) in [6, 6.07) is 0. The van der Waals surface area contributed by atoms with Gasteiger partial charge in [0.05, 0.1) is 25.2 Å². The Balaban J connectivity index is 2.37. The molecule has 0 saturated carbocycles. The van der Waals surface area contributed by atoms with Crippen LogP contribution in [0.2, 0.25) is 0 Å². The summed E-state index contributed by atoms with van der Waals surface area (Å²) >= 11 is 0. The summed E-state index contributed by atoms with van der Waals surface area (Å²) in [5.41, 5.74) is 0. The van der Waals surface area contributed by atoms with Gasteiger partial charge in [-0.3, -0.25) is 4.79 Å². The SMILES string of the molecule is CCCCCCCCCCCC/C=C/[C@@H](O)[C@H](CO[C@@H]1O[C@H](CO)[C@H](O)[C@H](O)[C@H]1O)C(=O)[C@H](O)CCCCCCCCCCCCCCCCCCCC(C)C. The van der Waals surface area contributed by atoms with Crippen molar-refractivity contribution in [3.05, 3.63) is 12.2 Å². The van der Waals surface area contributed by atoms with Crippen LogP contribution in [-0.4, -0.2) is 92.5 Å². The standard InChI is InChI=1S/C47H90O9/c1-4-5-6-7-8-9-10-19-22-25-28-31-34-40(49)39(37-55-47-46(54)45(53)44(52)42(36-48)56-47)43(51)41(50)35-32-29-26-23-20-17-15-13-11-12-14-16-18-21-24-27-30-33-38(2)3/h31,34,38-42,44-50,52-54H,4-30,32-33,35-37H2,1-3H3/b34-31+/t39-,40+,41+,42+,44-,45-,46+,47+/m0/s1. The molecular weight excluding hydrogens is 709 g/mol. The van der Waals surface area contributed by atoms with Crippen LogP contribution >= 0.6 is 0 Å². The van der Waals surface area contributed by atoms with Crippen molar-refractivity contribution in [2.75, 3.05) is 13.2 Å². The van der Waals surface area contributed by atoms with Crippen LogP contribution in [0.1, 0.15) is 213 Å². The molecule has 1 saturated heterocycles. The van der Waals surface area contributed by atoms with Crippen molar-refractivity contribution in [1.82, 2.24) is 0 Å². The Morgan fingerprint density at radius 3 is 1.48 bits per heavy atom. The third kappa shape index (κ3) is 26.2. The van der Waals surface area contributed by atoms with Crippen molar-refractivity contribution in [1.29, 1.82) is 0 Å². The predicted octanol–water partition coefficient (Wildman–Crippen LogP) is 9.65. The molecule has 0 amide bonds. The van der Waals surface area contributed by atoms with Crippen LogP contribution in [0.3, 0.4) is 0 Å². The van der Waals surface area contributed by atoms with E-state index < -0.39 is 61.2 Å². The summed E-state index contributed by atoms with van der Waals surface area (Å²) in [4.78, 5) is 13.5. The summed E-state index contributed by atoms with van der Waals surface area (Å²) in [5, 5.41) is 62.2. The lowest BCUT2D eigenvalue weighted by Crippen LogP contribution is -2.59. The molecule has 8 atom stereocenters. The van der Waals surface area contributed by atoms with E-state index in [1.165, 1.54) is 141 Å². The Labute approximate surface area is 343 Å². The number of carbonyl (C=O) groups is 1. The number of carbonyl (C=O) groups excluding carboxylic acids is 1. The molecule has 1 aliphatic heterocycles. The summed E-state index contributed by atoms with van der Waals surface area (Å²) in [7, 11) is 0. The Bertz CT molecular complexity index is 912. The Morgan fingerprint density at radius 2 is 1.04 bits per heavy atom. The van der Waals surface area contributed by atoms with Crippen molar-refractivity contribution in [3.63, 3.8) is 0 Å². The van der Waals surface area contributed by atoms with Crippen molar-refractivity contribution in [2.45, 2.75) is 256 Å². The number of Topliss-reactive ketones (excluding diaryl/α,β-unsaturated/α-hetero) is 1. The van der Waals surface area contributed by atoms with Gasteiger partial charge in [-0.05, 0) is 25.2 Å². The average molecular weight is 799 g/mol. The van der Waals surface area contributed by atoms with Gasteiger partial charge in [0, 0.05) is 0 Å². The summed E-state index contributed by atoms with van der Waals surface area (Å²) in [5.74, 6) is -0.820. The highest BCUT2D eigenvalue weighted by atomic mass is 16.7. The first-order valence-corrected chi connectivity index (χ1v) is 23.6. The molecule has 0 aromatic carbocycles. The number of ketones is 1. The van der Waals surface area contributed by atoms with E-state index in [1.807, 2.05) is 6.08 Å². The Hall–Kier alpha value is -0.910. The minimum absolute atomic E-state index is 0.294. The molecule has 56 heavy (non-hydrogen) atoms. The highest BCUT2D eigenvalue weighted by Gasteiger charge is 2.44. The van der Waals surface area contributed by atoms with Gasteiger partial charge in [-0.2, -0.15) is 0 Å². The zero-order valence-corrected chi connectivity index (χ0v) is 36.4. The summed E-state index contributed by atoms with van der Waals surface area (Å²) in [6.07, 6.45) is 29.8.